The van der Waals surface area contributed by atoms with E-state index in [0.29, 0.717) is 23.2 Å². The minimum Gasteiger partial charge on any atom is -0.322 e. The van der Waals surface area contributed by atoms with Crippen LogP contribution in [0.15, 0.2) is 78.9 Å². The van der Waals surface area contributed by atoms with Crippen LogP contribution in [0, 0.1) is 0 Å². The van der Waals surface area contributed by atoms with Gasteiger partial charge in [0, 0.05) is 22.7 Å². The van der Waals surface area contributed by atoms with Crippen molar-refractivity contribution in [2.24, 2.45) is 0 Å². The third-order valence-corrected chi connectivity index (χ3v) is 6.50. The average Bonchev–Trinajstić information content (AvgIpc) is 3.35. The molecule has 0 radical (unpaired) electrons. The largest absolute Gasteiger partial charge is 0.322 e. The Hall–Kier alpha value is -3.37. The maximum absolute atomic E-state index is 13.5. The van der Waals surface area contributed by atoms with Crippen LogP contribution in [0.1, 0.15) is 58.5 Å². The molecule has 1 aliphatic heterocycles. The maximum atomic E-state index is 13.5. The van der Waals surface area contributed by atoms with Gasteiger partial charge in [0.25, 0.3) is 5.91 Å². The van der Waals surface area contributed by atoms with Crippen LogP contribution in [0.25, 0.3) is 11.3 Å². The number of H-pyrrole nitrogens is 1. The lowest BCUT2D eigenvalue weighted by Crippen LogP contribution is -2.29. The zero-order valence-electron chi connectivity index (χ0n) is 18.0. The van der Waals surface area contributed by atoms with Gasteiger partial charge in [-0.2, -0.15) is 5.10 Å². The number of halogens is 1. The van der Waals surface area contributed by atoms with Crippen molar-refractivity contribution in [1.29, 1.82) is 0 Å². The van der Waals surface area contributed by atoms with Gasteiger partial charge in [-0.3, -0.25) is 9.89 Å². The molecule has 160 valence electrons. The summed E-state index contributed by atoms with van der Waals surface area (Å²) in [4.78, 5) is 15.4. The van der Waals surface area contributed by atoms with Gasteiger partial charge in [0.05, 0.1) is 11.7 Å². The van der Waals surface area contributed by atoms with Gasteiger partial charge in [-0.05, 0) is 28.7 Å². The lowest BCUT2D eigenvalue weighted by molar-refractivity contribution is 0.0730. The van der Waals surface area contributed by atoms with Gasteiger partial charge in [-0.15, -0.1) is 0 Å². The van der Waals surface area contributed by atoms with Crippen molar-refractivity contribution in [3.05, 3.63) is 112 Å². The minimum atomic E-state index is -0.246. The average molecular weight is 442 g/mol. The number of fused-ring (bicyclic) bond motifs is 1. The van der Waals surface area contributed by atoms with Gasteiger partial charge in [0.1, 0.15) is 5.69 Å². The summed E-state index contributed by atoms with van der Waals surface area (Å²) >= 11 is 6.45. The quantitative estimate of drug-likeness (QED) is 0.379. The number of carbonyl (C=O) groups excluding carboxylic acids is 1. The number of hydrogen-bond acceptors (Lipinski definition) is 2. The first-order valence-electron chi connectivity index (χ1n) is 10.8. The lowest BCUT2D eigenvalue weighted by atomic mass is 9.93. The van der Waals surface area contributed by atoms with Gasteiger partial charge in [-0.25, -0.2) is 0 Å². The first kappa shape index (κ1) is 20.5. The van der Waals surface area contributed by atoms with Crippen LogP contribution in [0.3, 0.4) is 0 Å². The second-order valence-electron chi connectivity index (χ2n) is 8.48. The molecule has 0 spiro atoms. The Kier molecular flexibility index (Phi) is 5.32. The van der Waals surface area contributed by atoms with Crippen LogP contribution in [0.5, 0.6) is 0 Å². The number of aromatic amines is 1. The monoisotopic (exact) mass is 441 g/mol. The highest BCUT2D eigenvalue weighted by Crippen LogP contribution is 2.44. The van der Waals surface area contributed by atoms with Crippen molar-refractivity contribution >= 4 is 17.5 Å². The molecule has 1 unspecified atom stereocenters. The summed E-state index contributed by atoms with van der Waals surface area (Å²) in [5.41, 5.74) is 6.53. The van der Waals surface area contributed by atoms with E-state index in [9.17, 15) is 4.79 Å². The second-order valence-corrected chi connectivity index (χ2v) is 8.88. The van der Waals surface area contributed by atoms with Gasteiger partial charge in [-0.1, -0.05) is 98.2 Å². The Morgan fingerprint density at radius 2 is 1.66 bits per heavy atom. The summed E-state index contributed by atoms with van der Waals surface area (Å²) in [5.74, 6) is 0.380. The molecule has 4 aromatic rings. The van der Waals surface area contributed by atoms with Crippen LogP contribution < -0.4 is 0 Å². The van der Waals surface area contributed by atoms with Crippen LogP contribution in [-0.2, 0) is 6.54 Å². The molecule has 5 heteroatoms. The maximum Gasteiger partial charge on any atom is 0.273 e. The SMILES string of the molecule is CC(C)c1ccc(C2c3c(-c4ccccc4)n[nH]c3C(=O)N2Cc2ccccc2Cl)cc1. The summed E-state index contributed by atoms with van der Waals surface area (Å²) < 4.78 is 0. The van der Waals surface area contributed by atoms with E-state index in [0.717, 1.165) is 27.9 Å². The zero-order valence-corrected chi connectivity index (χ0v) is 18.8. The Morgan fingerprint density at radius 1 is 0.969 bits per heavy atom. The molecule has 0 saturated carbocycles. The van der Waals surface area contributed by atoms with Crippen LogP contribution in [0.2, 0.25) is 5.02 Å². The molecule has 0 fully saturated rings. The number of benzene rings is 3. The highest BCUT2D eigenvalue weighted by atomic mass is 35.5. The predicted octanol–water partition coefficient (Wildman–Crippen LogP) is 6.60. The Morgan fingerprint density at radius 3 is 2.34 bits per heavy atom. The fraction of sp³-hybridized carbons (Fsp3) is 0.185. The van der Waals surface area contributed by atoms with E-state index in [4.69, 9.17) is 11.6 Å². The standard InChI is InChI=1S/C27H24ClN3O/c1-17(2)18-12-14-20(15-13-18)26-23-24(19-8-4-3-5-9-19)29-30-25(23)27(32)31(26)16-21-10-6-7-11-22(21)28/h3-15,17,26H,16H2,1-2H3,(H,29,30). The third kappa shape index (κ3) is 3.51. The number of nitrogens with zero attached hydrogens (tertiary/aromatic N) is 2. The fourth-order valence-electron chi connectivity index (χ4n) is 4.40. The van der Waals surface area contributed by atoms with E-state index < -0.39 is 0 Å². The van der Waals surface area contributed by atoms with E-state index in [2.05, 4.69) is 48.3 Å². The number of amides is 1. The molecule has 1 N–H and O–H groups in total. The van der Waals surface area contributed by atoms with Crippen molar-refractivity contribution in [3.8, 4) is 11.3 Å². The predicted molar refractivity (Wildman–Crippen MR) is 128 cm³/mol. The lowest BCUT2D eigenvalue weighted by Gasteiger charge is -2.27. The van der Waals surface area contributed by atoms with E-state index in [-0.39, 0.29) is 11.9 Å². The summed E-state index contributed by atoms with van der Waals surface area (Å²) in [7, 11) is 0. The Balaban J connectivity index is 1.64. The summed E-state index contributed by atoms with van der Waals surface area (Å²) in [5, 5.41) is 8.22. The van der Waals surface area contributed by atoms with Crippen molar-refractivity contribution in [3.63, 3.8) is 0 Å². The van der Waals surface area contributed by atoms with Gasteiger partial charge in [0.2, 0.25) is 0 Å². The van der Waals surface area contributed by atoms with Crippen molar-refractivity contribution in [1.82, 2.24) is 15.1 Å². The van der Waals surface area contributed by atoms with E-state index in [1.807, 2.05) is 59.5 Å². The Bertz CT molecular complexity index is 1260. The van der Waals surface area contributed by atoms with Crippen molar-refractivity contribution < 1.29 is 4.79 Å². The first-order chi connectivity index (χ1) is 15.5. The summed E-state index contributed by atoms with van der Waals surface area (Å²) in [6, 6.07) is 26.0. The smallest absolute Gasteiger partial charge is 0.273 e. The fourth-order valence-corrected chi connectivity index (χ4v) is 4.59. The van der Waals surface area contributed by atoms with Crippen LogP contribution in [0.4, 0.5) is 0 Å². The molecular weight excluding hydrogens is 418 g/mol. The van der Waals surface area contributed by atoms with Crippen LogP contribution in [-0.4, -0.2) is 21.0 Å². The molecule has 1 amide bonds. The number of aromatic nitrogens is 2. The summed E-state index contributed by atoms with van der Waals surface area (Å²) in [6.45, 7) is 4.78. The van der Waals surface area contributed by atoms with Gasteiger partial charge >= 0.3 is 0 Å². The first-order valence-corrected chi connectivity index (χ1v) is 11.2. The normalized spacial score (nSPS) is 15.4. The Labute approximate surface area is 192 Å². The third-order valence-electron chi connectivity index (χ3n) is 6.13. The molecule has 1 aromatic heterocycles. The highest BCUT2D eigenvalue weighted by Gasteiger charge is 2.42. The summed E-state index contributed by atoms with van der Waals surface area (Å²) in [6.07, 6.45) is 0. The van der Waals surface area contributed by atoms with Crippen LogP contribution >= 0.6 is 11.6 Å². The van der Waals surface area contributed by atoms with E-state index in [1.165, 1.54) is 5.56 Å². The number of carbonyl (C=O) groups is 1. The molecule has 0 saturated heterocycles. The zero-order chi connectivity index (χ0) is 22.2. The molecule has 1 atom stereocenters. The topological polar surface area (TPSA) is 49.0 Å². The molecule has 32 heavy (non-hydrogen) atoms. The molecule has 2 heterocycles. The van der Waals surface area contributed by atoms with Gasteiger partial charge in [0.15, 0.2) is 0 Å². The number of rotatable bonds is 5. The highest BCUT2D eigenvalue weighted by molar-refractivity contribution is 6.31. The molecular formula is C27H24ClN3O. The van der Waals surface area contributed by atoms with Gasteiger partial charge < -0.3 is 4.90 Å². The van der Waals surface area contributed by atoms with Crippen molar-refractivity contribution in [2.45, 2.75) is 32.4 Å². The molecule has 0 bridgehead atoms. The molecule has 3 aromatic carbocycles. The van der Waals surface area contributed by atoms with Crippen molar-refractivity contribution in [2.75, 3.05) is 0 Å². The molecule has 1 aliphatic rings. The minimum absolute atomic E-state index is 0.0625. The number of hydrogen-bond donors (Lipinski definition) is 1. The van der Waals surface area contributed by atoms with E-state index in [1.54, 1.807) is 0 Å². The molecule has 0 aliphatic carbocycles. The number of nitrogens with one attached hydrogen (secondary N) is 1. The van der Waals surface area contributed by atoms with E-state index >= 15 is 0 Å². The molecule has 4 nitrogen and oxygen atoms in total. The second kappa shape index (κ2) is 8.29. The molecule has 5 rings (SSSR count).